The van der Waals surface area contributed by atoms with Gasteiger partial charge in [-0.1, -0.05) is 24.3 Å². The molecule has 3 N–H and O–H groups in total. The van der Waals surface area contributed by atoms with Crippen molar-refractivity contribution in [2.45, 2.75) is 19.9 Å². The molecule has 3 nitrogen and oxygen atoms in total. The van der Waals surface area contributed by atoms with E-state index in [2.05, 4.69) is 5.32 Å². The normalized spacial score (nSPS) is 11.9. The van der Waals surface area contributed by atoms with Gasteiger partial charge in [0.1, 0.15) is 0 Å². The van der Waals surface area contributed by atoms with E-state index < -0.39 is 0 Å². The third kappa shape index (κ3) is 3.13. The number of hydrogen-bond acceptors (Lipinski definition) is 2. The highest BCUT2D eigenvalue weighted by molar-refractivity contribution is 5.94. The molecule has 3 heteroatoms. The molecule has 0 saturated carbocycles. The van der Waals surface area contributed by atoms with Crippen LogP contribution in [0, 0.1) is 6.92 Å². The first-order valence-corrected chi connectivity index (χ1v) is 6.30. The van der Waals surface area contributed by atoms with Crippen LogP contribution >= 0.6 is 0 Å². The average molecular weight is 254 g/mol. The van der Waals surface area contributed by atoms with Crippen LogP contribution in [0.5, 0.6) is 0 Å². The summed E-state index contributed by atoms with van der Waals surface area (Å²) < 4.78 is 0. The fourth-order valence-corrected chi connectivity index (χ4v) is 2.06. The molecular formula is C16H18N2O. The zero-order chi connectivity index (χ0) is 13.8. The number of nitrogens with one attached hydrogen (secondary N) is 1. The smallest absolute Gasteiger partial charge is 0.251 e. The highest BCUT2D eigenvalue weighted by atomic mass is 16.1. The fourth-order valence-electron chi connectivity index (χ4n) is 2.06. The van der Waals surface area contributed by atoms with Gasteiger partial charge in [-0.15, -0.1) is 0 Å². The Kier molecular flexibility index (Phi) is 3.85. The van der Waals surface area contributed by atoms with Crippen LogP contribution in [-0.2, 0) is 0 Å². The van der Waals surface area contributed by atoms with E-state index >= 15 is 0 Å². The van der Waals surface area contributed by atoms with Crippen LogP contribution in [0.2, 0.25) is 0 Å². The molecule has 98 valence electrons. The first-order chi connectivity index (χ1) is 9.08. The molecule has 0 spiro atoms. The van der Waals surface area contributed by atoms with Crippen molar-refractivity contribution >= 4 is 11.6 Å². The van der Waals surface area contributed by atoms with Crippen molar-refractivity contribution in [3.05, 3.63) is 65.2 Å². The summed E-state index contributed by atoms with van der Waals surface area (Å²) in [5.41, 5.74) is 9.19. The monoisotopic (exact) mass is 254 g/mol. The van der Waals surface area contributed by atoms with E-state index in [-0.39, 0.29) is 11.9 Å². The fraction of sp³-hybridized carbons (Fsp3) is 0.188. The zero-order valence-corrected chi connectivity index (χ0v) is 11.2. The van der Waals surface area contributed by atoms with E-state index in [1.165, 1.54) is 5.56 Å². The van der Waals surface area contributed by atoms with Crippen molar-refractivity contribution in [3.63, 3.8) is 0 Å². The van der Waals surface area contributed by atoms with Crippen LogP contribution in [0.1, 0.15) is 34.5 Å². The standard InChI is InChI=1S/C16H18N2O/c1-11-5-3-4-6-15(11)12(2)18-16(19)13-7-9-14(17)10-8-13/h3-10,12H,17H2,1-2H3,(H,18,19)/t12-/m0/s1. The van der Waals surface area contributed by atoms with Gasteiger partial charge in [0, 0.05) is 11.3 Å². The Morgan fingerprint density at radius 3 is 2.37 bits per heavy atom. The zero-order valence-electron chi connectivity index (χ0n) is 11.2. The van der Waals surface area contributed by atoms with Gasteiger partial charge in [0.2, 0.25) is 0 Å². The van der Waals surface area contributed by atoms with Crippen LogP contribution in [0.4, 0.5) is 5.69 Å². The summed E-state index contributed by atoms with van der Waals surface area (Å²) in [6.45, 7) is 4.03. The topological polar surface area (TPSA) is 55.1 Å². The van der Waals surface area contributed by atoms with Gasteiger partial charge < -0.3 is 11.1 Å². The van der Waals surface area contributed by atoms with Crippen LogP contribution < -0.4 is 11.1 Å². The number of benzene rings is 2. The second-order valence-corrected chi connectivity index (χ2v) is 4.67. The minimum atomic E-state index is -0.0873. The van der Waals surface area contributed by atoms with Gasteiger partial charge in [0.15, 0.2) is 0 Å². The third-order valence-corrected chi connectivity index (χ3v) is 3.18. The molecule has 0 bridgehead atoms. The Morgan fingerprint density at radius 2 is 1.74 bits per heavy atom. The Hall–Kier alpha value is -2.29. The molecule has 0 aliphatic carbocycles. The van der Waals surface area contributed by atoms with E-state index in [0.29, 0.717) is 11.3 Å². The molecule has 19 heavy (non-hydrogen) atoms. The molecule has 0 fully saturated rings. The van der Waals surface area contributed by atoms with Crippen molar-refractivity contribution in [1.82, 2.24) is 5.32 Å². The predicted molar refractivity (Wildman–Crippen MR) is 77.9 cm³/mol. The lowest BCUT2D eigenvalue weighted by Crippen LogP contribution is -2.27. The number of aryl methyl sites for hydroxylation is 1. The summed E-state index contributed by atoms with van der Waals surface area (Å²) in [6, 6.07) is 14.9. The van der Waals surface area contributed by atoms with Crippen molar-refractivity contribution in [1.29, 1.82) is 0 Å². The minimum absolute atomic E-state index is 0.0220. The summed E-state index contributed by atoms with van der Waals surface area (Å²) in [4.78, 5) is 12.1. The van der Waals surface area contributed by atoms with E-state index in [9.17, 15) is 4.79 Å². The lowest BCUT2D eigenvalue weighted by atomic mass is 10.0. The maximum absolute atomic E-state index is 12.1. The molecule has 0 heterocycles. The van der Waals surface area contributed by atoms with Gasteiger partial charge in [-0.2, -0.15) is 0 Å². The Labute approximate surface area is 113 Å². The van der Waals surface area contributed by atoms with Gasteiger partial charge in [-0.25, -0.2) is 0 Å². The maximum Gasteiger partial charge on any atom is 0.251 e. The van der Waals surface area contributed by atoms with Crippen molar-refractivity contribution in [3.8, 4) is 0 Å². The highest BCUT2D eigenvalue weighted by Crippen LogP contribution is 2.17. The summed E-state index contributed by atoms with van der Waals surface area (Å²) >= 11 is 0. The third-order valence-electron chi connectivity index (χ3n) is 3.18. The Balaban J connectivity index is 2.11. The molecule has 0 radical (unpaired) electrons. The molecule has 1 atom stereocenters. The van der Waals surface area contributed by atoms with E-state index in [4.69, 9.17) is 5.73 Å². The molecule has 0 aliphatic rings. The Bertz CT molecular complexity index is 576. The number of rotatable bonds is 3. The molecule has 2 aromatic carbocycles. The summed E-state index contributed by atoms with van der Waals surface area (Å²) in [5.74, 6) is -0.0873. The average Bonchev–Trinajstić information content (AvgIpc) is 2.39. The lowest BCUT2D eigenvalue weighted by Gasteiger charge is -2.16. The van der Waals surface area contributed by atoms with Gasteiger partial charge in [0.25, 0.3) is 5.91 Å². The number of carbonyl (C=O) groups is 1. The summed E-state index contributed by atoms with van der Waals surface area (Å²) in [5, 5.41) is 2.99. The second-order valence-electron chi connectivity index (χ2n) is 4.67. The van der Waals surface area contributed by atoms with Crippen molar-refractivity contribution in [2.75, 3.05) is 5.73 Å². The van der Waals surface area contributed by atoms with Crippen LogP contribution in [0.25, 0.3) is 0 Å². The first kappa shape index (κ1) is 13.1. The van der Waals surface area contributed by atoms with E-state index in [1.807, 2.05) is 38.1 Å². The lowest BCUT2D eigenvalue weighted by molar-refractivity contribution is 0.0940. The van der Waals surface area contributed by atoms with Gasteiger partial charge in [0.05, 0.1) is 6.04 Å². The van der Waals surface area contributed by atoms with E-state index in [1.54, 1.807) is 24.3 Å². The minimum Gasteiger partial charge on any atom is -0.399 e. The van der Waals surface area contributed by atoms with Crippen molar-refractivity contribution < 1.29 is 4.79 Å². The second kappa shape index (κ2) is 5.57. The summed E-state index contributed by atoms with van der Waals surface area (Å²) in [7, 11) is 0. The molecule has 2 rings (SSSR count). The van der Waals surface area contributed by atoms with Gasteiger partial charge in [-0.3, -0.25) is 4.79 Å². The molecule has 0 aromatic heterocycles. The maximum atomic E-state index is 12.1. The van der Waals surface area contributed by atoms with Crippen LogP contribution in [-0.4, -0.2) is 5.91 Å². The predicted octanol–water partition coefficient (Wildman–Crippen LogP) is 3.07. The van der Waals surface area contributed by atoms with Crippen LogP contribution in [0.15, 0.2) is 48.5 Å². The first-order valence-electron chi connectivity index (χ1n) is 6.30. The summed E-state index contributed by atoms with van der Waals surface area (Å²) in [6.07, 6.45) is 0. The largest absolute Gasteiger partial charge is 0.399 e. The van der Waals surface area contributed by atoms with E-state index in [0.717, 1.165) is 5.56 Å². The molecule has 0 saturated heterocycles. The number of nitrogens with two attached hydrogens (primary N) is 1. The number of anilines is 1. The SMILES string of the molecule is Cc1ccccc1[C@H](C)NC(=O)c1ccc(N)cc1. The number of hydrogen-bond donors (Lipinski definition) is 2. The molecule has 0 unspecified atom stereocenters. The number of carbonyl (C=O) groups excluding carboxylic acids is 1. The molecule has 0 aliphatic heterocycles. The molecule has 1 amide bonds. The quantitative estimate of drug-likeness (QED) is 0.827. The Morgan fingerprint density at radius 1 is 1.11 bits per heavy atom. The number of nitrogen functional groups attached to an aromatic ring is 1. The highest BCUT2D eigenvalue weighted by Gasteiger charge is 2.12. The van der Waals surface area contributed by atoms with Crippen molar-refractivity contribution in [2.24, 2.45) is 0 Å². The molecular weight excluding hydrogens is 236 g/mol. The van der Waals surface area contributed by atoms with Gasteiger partial charge in [-0.05, 0) is 49.2 Å². The van der Waals surface area contributed by atoms with Gasteiger partial charge >= 0.3 is 0 Å². The number of amides is 1. The van der Waals surface area contributed by atoms with Crippen LogP contribution in [0.3, 0.4) is 0 Å². The molecule has 2 aromatic rings.